The number of hydrogen-bond donors (Lipinski definition) is 2. The molecular weight excluding hydrogens is 266 g/mol. The molecule has 1 aliphatic rings. The van der Waals surface area contributed by atoms with Crippen molar-refractivity contribution in [1.82, 2.24) is 19.7 Å². The number of aromatic amines is 1. The van der Waals surface area contributed by atoms with Crippen molar-refractivity contribution in [1.29, 1.82) is 0 Å². The van der Waals surface area contributed by atoms with Crippen molar-refractivity contribution < 1.29 is 0 Å². The molecule has 0 aliphatic heterocycles. The molecular formula is C15H23N5O. The standard InChI is InChI=1S/C15H23N5O/c1-9(10-6-5-7-10)17-14-18-12-11(13(21)19-14)8-16-20(12)15(2,3)4/h8-10H,5-7H2,1-4H3,(H2,17,18,19,21). The lowest BCUT2D eigenvalue weighted by Crippen LogP contribution is -2.32. The molecule has 1 saturated carbocycles. The minimum Gasteiger partial charge on any atom is -0.353 e. The molecule has 0 saturated heterocycles. The van der Waals surface area contributed by atoms with Crippen LogP contribution in [0.25, 0.3) is 11.0 Å². The Hall–Kier alpha value is -1.85. The number of aromatic nitrogens is 4. The van der Waals surface area contributed by atoms with Gasteiger partial charge in [0.2, 0.25) is 5.95 Å². The Morgan fingerprint density at radius 2 is 2.14 bits per heavy atom. The molecule has 6 nitrogen and oxygen atoms in total. The summed E-state index contributed by atoms with van der Waals surface area (Å²) in [5, 5.41) is 8.19. The zero-order valence-corrected chi connectivity index (χ0v) is 13.1. The van der Waals surface area contributed by atoms with Crippen molar-refractivity contribution in [3.63, 3.8) is 0 Å². The Morgan fingerprint density at radius 3 is 2.71 bits per heavy atom. The molecule has 2 aromatic rings. The lowest BCUT2D eigenvalue weighted by Gasteiger charge is -2.32. The highest BCUT2D eigenvalue weighted by molar-refractivity contribution is 5.74. The molecule has 1 unspecified atom stereocenters. The number of H-pyrrole nitrogens is 1. The highest BCUT2D eigenvalue weighted by Gasteiger charge is 2.25. The van der Waals surface area contributed by atoms with Gasteiger partial charge in [-0.05, 0) is 46.5 Å². The average molecular weight is 289 g/mol. The zero-order valence-electron chi connectivity index (χ0n) is 13.1. The second-order valence-electron chi connectivity index (χ2n) is 7.00. The van der Waals surface area contributed by atoms with Gasteiger partial charge >= 0.3 is 0 Å². The molecule has 0 amide bonds. The van der Waals surface area contributed by atoms with Crippen LogP contribution in [0.5, 0.6) is 0 Å². The van der Waals surface area contributed by atoms with Crippen LogP contribution in [-0.2, 0) is 5.54 Å². The molecule has 2 heterocycles. The van der Waals surface area contributed by atoms with Gasteiger partial charge in [0, 0.05) is 6.04 Å². The van der Waals surface area contributed by atoms with Crippen LogP contribution in [0.2, 0.25) is 0 Å². The Balaban J connectivity index is 1.98. The van der Waals surface area contributed by atoms with Crippen molar-refractivity contribution in [2.45, 2.75) is 58.5 Å². The van der Waals surface area contributed by atoms with E-state index in [2.05, 4.69) is 27.3 Å². The van der Waals surface area contributed by atoms with Gasteiger partial charge in [0.15, 0.2) is 5.65 Å². The summed E-state index contributed by atoms with van der Waals surface area (Å²) in [7, 11) is 0. The number of hydrogen-bond acceptors (Lipinski definition) is 4. The maximum Gasteiger partial charge on any atom is 0.263 e. The highest BCUT2D eigenvalue weighted by atomic mass is 16.1. The van der Waals surface area contributed by atoms with Crippen LogP contribution < -0.4 is 10.9 Å². The molecule has 1 atom stereocenters. The largest absolute Gasteiger partial charge is 0.353 e. The first-order valence-corrected chi connectivity index (χ1v) is 7.61. The quantitative estimate of drug-likeness (QED) is 0.910. The first-order chi connectivity index (χ1) is 9.86. The normalized spacial score (nSPS) is 17.7. The van der Waals surface area contributed by atoms with Crippen LogP contribution in [0.1, 0.15) is 47.0 Å². The van der Waals surface area contributed by atoms with Crippen LogP contribution in [0.3, 0.4) is 0 Å². The number of nitrogens with one attached hydrogen (secondary N) is 2. The van der Waals surface area contributed by atoms with Crippen LogP contribution in [-0.4, -0.2) is 25.8 Å². The molecule has 0 aromatic carbocycles. The van der Waals surface area contributed by atoms with E-state index >= 15 is 0 Å². The second kappa shape index (κ2) is 4.86. The average Bonchev–Trinajstić information content (AvgIpc) is 2.69. The molecule has 2 N–H and O–H groups in total. The molecule has 114 valence electrons. The van der Waals surface area contributed by atoms with Gasteiger partial charge in [-0.15, -0.1) is 0 Å². The van der Waals surface area contributed by atoms with E-state index in [1.54, 1.807) is 10.9 Å². The van der Waals surface area contributed by atoms with E-state index in [1.165, 1.54) is 19.3 Å². The predicted octanol–water partition coefficient (Wildman–Crippen LogP) is 2.48. The van der Waals surface area contributed by atoms with E-state index in [1.807, 2.05) is 20.8 Å². The number of rotatable bonds is 3. The lowest BCUT2D eigenvalue weighted by atomic mass is 9.80. The van der Waals surface area contributed by atoms with E-state index in [9.17, 15) is 4.79 Å². The van der Waals surface area contributed by atoms with Gasteiger partial charge in [-0.3, -0.25) is 9.78 Å². The summed E-state index contributed by atoms with van der Waals surface area (Å²) in [5.41, 5.74) is 0.285. The Kier molecular flexibility index (Phi) is 3.26. The monoisotopic (exact) mass is 289 g/mol. The zero-order chi connectivity index (χ0) is 15.2. The molecule has 0 bridgehead atoms. The minimum atomic E-state index is -0.209. The summed E-state index contributed by atoms with van der Waals surface area (Å²) in [6.45, 7) is 8.29. The summed E-state index contributed by atoms with van der Waals surface area (Å²) in [6.07, 6.45) is 5.39. The third-order valence-electron chi connectivity index (χ3n) is 4.29. The Morgan fingerprint density at radius 1 is 1.43 bits per heavy atom. The summed E-state index contributed by atoms with van der Waals surface area (Å²) in [5.74, 6) is 1.22. The third kappa shape index (κ3) is 2.54. The van der Waals surface area contributed by atoms with Crippen LogP contribution in [0.4, 0.5) is 5.95 Å². The summed E-state index contributed by atoms with van der Waals surface area (Å²) in [4.78, 5) is 19.6. The number of nitrogens with zero attached hydrogens (tertiary/aromatic N) is 3. The van der Waals surface area contributed by atoms with E-state index in [0.717, 1.165) is 0 Å². The Labute approximate surface area is 124 Å². The molecule has 0 radical (unpaired) electrons. The van der Waals surface area contributed by atoms with Crippen molar-refractivity contribution in [3.8, 4) is 0 Å². The molecule has 1 aliphatic carbocycles. The third-order valence-corrected chi connectivity index (χ3v) is 4.29. The van der Waals surface area contributed by atoms with Gasteiger partial charge in [-0.2, -0.15) is 10.1 Å². The van der Waals surface area contributed by atoms with E-state index < -0.39 is 0 Å². The summed E-state index contributed by atoms with van der Waals surface area (Å²) < 4.78 is 1.80. The van der Waals surface area contributed by atoms with Crippen molar-refractivity contribution in [2.75, 3.05) is 5.32 Å². The fraction of sp³-hybridized carbons (Fsp3) is 0.667. The maximum atomic E-state index is 12.2. The van der Waals surface area contributed by atoms with Gasteiger partial charge in [0.25, 0.3) is 5.56 Å². The van der Waals surface area contributed by atoms with Crippen molar-refractivity contribution in [2.24, 2.45) is 5.92 Å². The predicted molar refractivity (Wildman–Crippen MR) is 83.6 cm³/mol. The maximum absolute atomic E-state index is 12.2. The van der Waals surface area contributed by atoms with Gasteiger partial charge in [0.1, 0.15) is 5.39 Å². The van der Waals surface area contributed by atoms with Crippen molar-refractivity contribution in [3.05, 3.63) is 16.6 Å². The first kappa shape index (κ1) is 14.1. The fourth-order valence-electron chi connectivity index (χ4n) is 2.75. The SMILES string of the molecule is CC(Nc1nc2c(cnn2C(C)(C)C)c(=O)[nH]1)C1CCC1. The van der Waals surface area contributed by atoms with Gasteiger partial charge < -0.3 is 5.32 Å². The lowest BCUT2D eigenvalue weighted by molar-refractivity contribution is 0.284. The van der Waals surface area contributed by atoms with Crippen molar-refractivity contribution >= 4 is 17.0 Å². The second-order valence-corrected chi connectivity index (χ2v) is 7.00. The molecule has 2 aromatic heterocycles. The fourth-order valence-corrected chi connectivity index (χ4v) is 2.75. The minimum absolute atomic E-state index is 0.140. The molecule has 1 fully saturated rings. The van der Waals surface area contributed by atoms with Crippen LogP contribution >= 0.6 is 0 Å². The molecule has 0 spiro atoms. The van der Waals surface area contributed by atoms with E-state index in [4.69, 9.17) is 0 Å². The topological polar surface area (TPSA) is 75.6 Å². The van der Waals surface area contributed by atoms with Gasteiger partial charge in [-0.1, -0.05) is 6.42 Å². The number of anilines is 1. The van der Waals surface area contributed by atoms with Gasteiger partial charge in [0.05, 0.1) is 11.7 Å². The van der Waals surface area contributed by atoms with E-state index in [-0.39, 0.29) is 11.1 Å². The first-order valence-electron chi connectivity index (χ1n) is 7.61. The number of fused-ring (bicyclic) bond motifs is 1. The van der Waals surface area contributed by atoms with Gasteiger partial charge in [-0.25, -0.2) is 4.68 Å². The van der Waals surface area contributed by atoms with E-state index in [0.29, 0.717) is 28.9 Å². The van der Waals surface area contributed by atoms with Crippen LogP contribution in [0, 0.1) is 5.92 Å². The Bertz CT molecular complexity index is 705. The van der Waals surface area contributed by atoms with Crippen LogP contribution in [0.15, 0.2) is 11.0 Å². The molecule has 3 rings (SSSR count). The smallest absolute Gasteiger partial charge is 0.263 e. The highest BCUT2D eigenvalue weighted by Crippen LogP contribution is 2.30. The summed E-state index contributed by atoms with van der Waals surface area (Å²) >= 11 is 0. The molecule has 21 heavy (non-hydrogen) atoms. The molecule has 6 heteroatoms. The summed E-state index contributed by atoms with van der Waals surface area (Å²) in [6, 6.07) is 0.324.